The molecule has 0 aliphatic rings. The molecule has 1 aromatic heterocycles. The lowest BCUT2D eigenvalue weighted by Gasteiger charge is -1.92. The SMILES string of the molecule is O=Nc1ccc(Br)nc1Br. The van der Waals surface area contributed by atoms with E-state index in [9.17, 15) is 4.91 Å². The number of pyridine rings is 1. The van der Waals surface area contributed by atoms with Gasteiger partial charge in [-0.1, -0.05) is 0 Å². The lowest BCUT2D eigenvalue weighted by atomic mass is 10.4. The van der Waals surface area contributed by atoms with Crippen molar-refractivity contribution in [3.63, 3.8) is 0 Å². The Morgan fingerprint density at radius 3 is 2.60 bits per heavy atom. The Balaban J connectivity index is 3.19. The van der Waals surface area contributed by atoms with Crippen LogP contribution in [0.4, 0.5) is 5.69 Å². The highest BCUT2D eigenvalue weighted by Gasteiger charge is 1.99. The average molecular weight is 266 g/mol. The van der Waals surface area contributed by atoms with E-state index in [2.05, 4.69) is 42.0 Å². The smallest absolute Gasteiger partial charge is 0.140 e. The molecule has 1 aromatic rings. The van der Waals surface area contributed by atoms with Crippen molar-refractivity contribution in [2.75, 3.05) is 0 Å². The summed E-state index contributed by atoms with van der Waals surface area (Å²) in [6.07, 6.45) is 0. The predicted octanol–water partition coefficient (Wildman–Crippen LogP) is 3.00. The van der Waals surface area contributed by atoms with Gasteiger partial charge in [-0.15, -0.1) is 4.91 Å². The Kier molecular flexibility index (Phi) is 2.50. The Labute approximate surface area is 74.1 Å². The van der Waals surface area contributed by atoms with Crippen LogP contribution in [0.3, 0.4) is 0 Å². The summed E-state index contributed by atoms with van der Waals surface area (Å²) in [6, 6.07) is 3.23. The van der Waals surface area contributed by atoms with Crippen LogP contribution in [-0.4, -0.2) is 4.98 Å². The van der Waals surface area contributed by atoms with Gasteiger partial charge in [-0.25, -0.2) is 4.98 Å². The molecular weight excluding hydrogens is 264 g/mol. The van der Waals surface area contributed by atoms with Crippen molar-refractivity contribution in [1.82, 2.24) is 4.98 Å². The molecule has 0 saturated heterocycles. The zero-order valence-corrected chi connectivity index (χ0v) is 7.89. The molecule has 0 bridgehead atoms. The average Bonchev–Trinajstić information content (AvgIpc) is 1.88. The van der Waals surface area contributed by atoms with Gasteiger partial charge in [-0.05, 0) is 49.2 Å². The van der Waals surface area contributed by atoms with Gasteiger partial charge in [0.1, 0.15) is 14.9 Å². The Hall–Kier alpha value is -0.290. The standard InChI is InChI=1S/C5H2Br2N2O/c6-4-2-1-3(9-10)5(7)8-4/h1-2H. The maximum Gasteiger partial charge on any atom is 0.140 e. The molecule has 0 N–H and O–H groups in total. The van der Waals surface area contributed by atoms with Gasteiger partial charge in [0.15, 0.2) is 0 Å². The van der Waals surface area contributed by atoms with Gasteiger partial charge in [-0.3, -0.25) is 0 Å². The fourth-order valence-electron chi connectivity index (χ4n) is 0.473. The molecule has 10 heavy (non-hydrogen) atoms. The van der Waals surface area contributed by atoms with Crippen LogP contribution in [0.25, 0.3) is 0 Å². The van der Waals surface area contributed by atoms with Gasteiger partial charge in [0.05, 0.1) is 0 Å². The summed E-state index contributed by atoms with van der Waals surface area (Å²) in [7, 11) is 0. The molecule has 5 heteroatoms. The first-order chi connectivity index (χ1) is 4.74. The molecule has 3 nitrogen and oxygen atoms in total. The van der Waals surface area contributed by atoms with E-state index >= 15 is 0 Å². The molecule has 52 valence electrons. The van der Waals surface area contributed by atoms with Crippen molar-refractivity contribution < 1.29 is 0 Å². The third kappa shape index (κ3) is 1.60. The van der Waals surface area contributed by atoms with E-state index in [-0.39, 0.29) is 0 Å². The van der Waals surface area contributed by atoms with Crippen molar-refractivity contribution in [3.8, 4) is 0 Å². The second-order valence-electron chi connectivity index (χ2n) is 1.54. The third-order valence-electron chi connectivity index (χ3n) is 0.893. The molecule has 0 aromatic carbocycles. The Morgan fingerprint density at radius 2 is 2.10 bits per heavy atom. The van der Waals surface area contributed by atoms with Gasteiger partial charge < -0.3 is 0 Å². The van der Waals surface area contributed by atoms with E-state index < -0.39 is 0 Å². The van der Waals surface area contributed by atoms with E-state index in [1.54, 1.807) is 12.1 Å². The third-order valence-corrected chi connectivity index (χ3v) is 1.92. The molecule has 0 atom stereocenters. The van der Waals surface area contributed by atoms with E-state index in [0.29, 0.717) is 14.9 Å². The predicted molar refractivity (Wildman–Crippen MR) is 45.1 cm³/mol. The van der Waals surface area contributed by atoms with Gasteiger partial charge in [0.25, 0.3) is 0 Å². The highest BCUT2D eigenvalue weighted by molar-refractivity contribution is 9.11. The molecule has 1 rings (SSSR count). The molecule has 0 fully saturated rings. The number of halogens is 2. The minimum Gasteiger partial charge on any atom is -0.232 e. The highest BCUT2D eigenvalue weighted by atomic mass is 79.9. The van der Waals surface area contributed by atoms with Crippen LogP contribution in [0.1, 0.15) is 0 Å². The van der Waals surface area contributed by atoms with Crippen molar-refractivity contribution >= 4 is 37.5 Å². The monoisotopic (exact) mass is 264 g/mol. The first-order valence-corrected chi connectivity index (χ1v) is 3.98. The van der Waals surface area contributed by atoms with Crippen LogP contribution in [0.2, 0.25) is 0 Å². The quantitative estimate of drug-likeness (QED) is 0.579. The number of hydrogen-bond donors (Lipinski definition) is 0. The molecular formula is C5H2Br2N2O. The van der Waals surface area contributed by atoms with Crippen LogP contribution < -0.4 is 0 Å². The van der Waals surface area contributed by atoms with Gasteiger partial charge >= 0.3 is 0 Å². The van der Waals surface area contributed by atoms with Crippen molar-refractivity contribution in [3.05, 3.63) is 26.2 Å². The summed E-state index contributed by atoms with van der Waals surface area (Å²) in [5, 5.41) is 2.73. The number of rotatable bonds is 1. The number of hydrogen-bond acceptors (Lipinski definition) is 3. The highest BCUT2D eigenvalue weighted by Crippen LogP contribution is 2.24. The molecule has 0 saturated carbocycles. The summed E-state index contributed by atoms with van der Waals surface area (Å²) in [4.78, 5) is 13.9. The van der Waals surface area contributed by atoms with E-state index in [0.717, 1.165) is 0 Å². The number of aromatic nitrogens is 1. The Bertz CT molecular complexity index is 264. The number of nitrogens with zero attached hydrogens (tertiary/aromatic N) is 2. The summed E-state index contributed by atoms with van der Waals surface area (Å²) < 4.78 is 1.13. The summed E-state index contributed by atoms with van der Waals surface area (Å²) >= 11 is 6.21. The minimum atomic E-state index is 0.309. The van der Waals surface area contributed by atoms with Crippen LogP contribution in [0, 0.1) is 4.91 Å². The van der Waals surface area contributed by atoms with E-state index in [4.69, 9.17) is 0 Å². The van der Waals surface area contributed by atoms with Gasteiger partial charge in [-0.2, -0.15) is 0 Å². The van der Waals surface area contributed by atoms with Crippen LogP contribution in [0.5, 0.6) is 0 Å². The van der Waals surface area contributed by atoms with E-state index in [1.165, 1.54) is 0 Å². The maximum atomic E-state index is 10.0. The number of nitroso groups, excluding NO2 is 1. The maximum absolute atomic E-state index is 10.0. The molecule has 0 amide bonds. The minimum absolute atomic E-state index is 0.309. The second-order valence-corrected chi connectivity index (χ2v) is 3.10. The molecule has 0 unspecified atom stereocenters. The van der Waals surface area contributed by atoms with Crippen molar-refractivity contribution in [2.45, 2.75) is 0 Å². The zero-order chi connectivity index (χ0) is 7.56. The van der Waals surface area contributed by atoms with Crippen molar-refractivity contribution in [1.29, 1.82) is 0 Å². The molecule has 0 aliphatic heterocycles. The summed E-state index contributed by atoms with van der Waals surface area (Å²) in [5.41, 5.74) is 0.309. The lowest BCUT2D eigenvalue weighted by Crippen LogP contribution is -1.75. The van der Waals surface area contributed by atoms with E-state index in [1.807, 2.05) is 0 Å². The summed E-state index contributed by atoms with van der Waals surface area (Å²) in [6.45, 7) is 0. The van der Waals surface area contributed by atoms with Gasteiger partial charge in [0, 0.05) is 0 Å². The molecule has 0 spiro atoms. The van der Waals surface area contributed by atoms with Gasteiger partial charge in [0.2, 0.25) is 0 Å². The first-order valence-electron chi connectivity index (χ1n) is 2.39. The molecule has 1 heterocycles. The van der Waals surface area contributed by atoms with Crippen molar-refractivity contribution in [2.24, 2.45) is 5.18 Å². The van der Waals surface area contributed by atoms with Crippen LogP contribution in [0.15, 0.2) is 26.5 Å². The fraction of sp³-hybridized carbons (Fsp3) is 0. The van der Waals surface area contributed by atoms with Crippen LogP contribution >= 0.6 is 31.9 Å². The summed E-state index contributed by atoms with van der Waals surface area (Å²) in [5.74, 6) is 0. The fourth-order valence-corrected chi connectivity index (χ4v) is 1.42. The first kappa shape index (κ1) is 7.81. The normalized spacial score (nSPS) is 9.40. The Morgan fingerprint density at radius 1 is 1.40 bits per heavy atom. The molecule has 0 radical (unpaired) electrons. The zero-order valence-electron chi connectivity index (χ0n) is 4.71. The topological polar surface area (TPSA) is 42.3 Å². The second kappa shape index (κ2) is 3.21. The largest absolute Gasteiger partial charge is 0.232 e. The van der Waals surface area contributed by atoms with Crippen LogP contribution in [-0.2, 0) is 0 Å². The molecule has 0 aliphatic carbocycles. The lowest BCUT2D eigenvalue weighted by molar-refractivity contribution is 1.21.